The Labute approximate surface area is 305 Å². The number of aryl methyl sites for hydroxylation is 1. The van der Waals surface area contributed by atoms with Crippen LogP contribution in [0.15, 0.2) is 127 Å². The van der Waals surface area contributed by atoms with E-state index in [0.29, 0.717) is 0 Å². The molecule has 0 aliphatic rings. The fourth-order valence-corrected chi connectivity index (χ4v) is 8.85. The summed E-state index contributed by atoms with van der Waals surface area (Å²) >= 11 is 14.9. The highest BCUT2D eigenvalue weighted by Gasteiger charge is 2.19. The highest BCUT2D eigenvalue weighted by molar-refractivity contribution is 9.11. The first-order valence-electron chi connectivity index (χ1n) is 15.7. The first kappa shape index (κ1) is 29.8. The Morgan fingerprint density at radius 2 is 0.723 bits per heavy atom. The van der Waals surface area contributed by atoms with Crippen LogP contribution in [0.3, 0.4) is 0 Å². The number of nitrogens with zero attached hydrogens (tertiary/aromatic N) is 3. The van der Waals surface area contributed by atoms with E-state index in [1.165, 1.54) is 65.4 Å². The number of rotatable bonds is 5. The molecule has 0 saturated heterocycles. The average Bonchev–Trinajstić information content (AvgIpc) is 3.67. The fourth-order valence-electron chi connectivity index (χ4n) is 7.41. The lowest BCUT2D eigenvalue weighted by Crippen LogP contribution is -1.98. The lowest BCUT2D eigenvalue weighted by molar-refractivity contribution is 0.665. The number of hydrogen-bond donors (Lipinski definition) is 0. The molecule has 3 heterocycles. The Balaban J connectivity index is 1.34. The normalized spacial score (nSPS) is 12.2. The number of hydrogen-bond acceptors (Lipinski definition) is 0. The van der Waals surface area contributed by atoms with Gasteiger partial charge >= 0.3 is 0 Å². The van der Waals surface area contributed by atoms with E-state index < -0.39 is 0 Å². The third kappa shape index (κ3) is 4.68. The number of unbranched alkanes of at least 4 members (excludes halogenated alkanes) is 1. The molecule has 0 amide bonds. The van der Waals surface area contributed by atoms with Crippen molar-refractivity contribution in [2.24, 2.45) is 0 Å². The molecule has 6 aromatic carbocycles. The summed E-state index contributed by atoms with van der Waals surface area (Å²) in [5.74, 6) is 0. The van der Waals surface area contributed by atoms with E-state index in [1.54, 1.807) is 0 Å². The zero-order chi connectivity index (χ0) is 32.0. The van der Waals surface area contributed by atoms with Gasteiger partial charge in [0.05, 0.1) is 22.1 Å². The topological polar surface area (TPSA) is 14.8 Å². The van der Waals surface area contributed by atoms with Gasteiger partial charge in [-0.05, 0) is 116 Å². The predicted octanol–water partition coefficient (Wildman–Crippen LogP) is 13.8. The number of benzene rings is 6. The molecule has 0 atom stereocenters. The van der Waals surface area contributed by atoms with E-state index in [9.17, 15) is 0 Å². The van der Waals surface area contributed by atoms with Crippen molar-refractivity contribution in [1.29, 1.82) is 0 Å². The van der Waals surface area contributed by atoms with Crippen LogP contribution in [-0.2, 0) is 6.54 Å². The van der Waals surface area contributed by atoms with Crippen molar-refractivity contribution < 1.29 is 0 Å². The van der Waals surface area contributed by atoms with Gasteiger partial charge in [-0.25, -0.2) is 0 Å². The van der Waals surface area contributed by atoms with E-state index in [2.05, 4.69) is 194 Å². The molecule has 0 unspecified atom stereocenters. The predicted molar refractivity (Wildman–Crippen MR) is 214 cm³/mol. The minimum atomic E-state index is 0.990. The second-order valence-corrected chi connectivity index (χ2v) is 15.9. The summed E-state index contributed by atoms with van der Waals surface area (Å²) in [5, 5.41) is 7.46. The summed E-state index contributed by atoms with van der Waals surface area (Å²) in [5.41, 5.74) is 9.64. The summed E-state index contributed by atoms with van der Waals surface area (Å²) in [4.78, 5) is 0. The Hall–Kier alpha value is -3.36. The van der Waals surface area contributed by atoms with Gasteiger partial charge in [-0.3, -0.25) is 0 Å². The molecule has 0 fully saturated rings. The molecule has 9 rings (SSSR count). The summed E-state index contributed by atoms with van der Waals surface area (Å²) in [6.07, 6.45) is 2.28. The molecule has 0 bridgehead atoms. The fraction of sp³-hybridized carbons (Fsp3) is 0.100. The van der Waals surface area contributed by atoms with Crippen LogP contribution in [0.5, 0.6) is 0 Å². The second kappa shape index (κ2) is 11.4. The van der Waals surface area contributed by atoms with Crippen LogP contribution in [-0.4, -0.2) is 13.7 Å². The first-order valence-corrected chi connectivity index (χ1v) is 18.9. The van der Waals surface area contributed by atoms with Gasteiger partial charge in [0.1, 0.15) is 0 Å². The third-order valence-electron chi connectivity index (χ3n) is 9.46. The molecule has 0 aliphatic carbocycles. The van der Waals surface area contributed by atoms with Gasteiger partial charge in [-0.1, -0.05) is 77.1 Å². The average molecular weight is 869 g/mol. The van der Waals surface area contributed by atoms with Crippen molar-refractivity contribution in [1.82, 2.24) is 13.7 Å². The first-order chi connectivity index (χ1) is 22.9. The zero-order valence-corrected chi connectivity index (χ0v) is 31.7. The van der Waals surface area contributed by atoms with Crippen LogP contribution < -0.4 is 0 Å². The smallest absolute Gasteiger partial charge is 0.0541 e. The van der Waals surface area contributed by atoms with Crippen LogP contribution in [0.25, 0.3) is 76.8 Å². The van der Waals surface area contributed by atoms with Crippen molar-refractivity contribution in [2.45, 2.75) is 26.3 Å². The van der Waals surface area contributed by atoms with Gasteiger partial charge in [0.2, 0.25) is 0 Å². The molecular formula is C40H27Br4N3. The van der Waals surface area contributed by atoms with Crippen LogP contribution in [0.4, 0.5) is 0 Å². The molecule has 7 heteroatoms. The Bertz CT molecular complexity index is 2430. The molecule has 9 aromatic rings. The Morgan fingerprint density at radius 3 is 1.06 bits per heavy atom. The number of aromatic nitrogens is 3. The maximum atomic E-state index is 3.71. The van der Waals surface area contributed by atoms with E-state index in [1.807, 2.05) is 0 Å². The Kier molecular flexibility index (Phi) is 7.20. The van der Waals surface area contributed by atoms with Gasteiger partial charge in [0.15, 0.2) is 0 Å². The summed E-state index contributed by atoms with van der Waals surface area (Å²) in [6, 6.07) is 40.4. The van der Waals surface area contributed by atoms with Crippen LogP contribution >= 0.6 is 63.7 Å². The second-order valence-electron chi connectivity index (χ2n) is 12.2. The van der Waals surface area contributed by atoms with Crippen molar-refractivity contribution in [2.75, 3.05) is 0 Å². The zero-order valence-electron chi connectivity index (χ0n) is 25.4. The molecule has 230 valence electrons. The third-order valence-corrected chi connectivity index (χ3v) is 11.4. The number of halogens is 4. The molecule has 0 saturated carbocycles. The SMILES string of the molecule is CCCCn1c2ccc(-n3c4ccc(Br)cc4c4cc(Br)ccc43)cc2c2cc(-n3c4ccc(Br)cc4c4cc(Br)ccc43)ccc21. The standard InChI is InChI=1S/C40H27Br4N3/c1-2-3-16-45-35-14-8-27(46-37-10-4-23(41)17-29(37)30-18-24(42)5-11-38(30)46)21-33(35)34-22-28(9-15-36(34)45)47-39-12-6-25(43)19-31(39)32-20-26(44)7-13-40(32)47/h4-15,17-22H,2-3,16H2,1H3. The molecule has 3 nitrogen and oxygen atoms in total. The van der Waals surface area contributed by atoms with Crippen molar-refractivity contribution in [3.05, 3.63) is 127 Å². The van der Waals surface area contributed by atoms with E-state index in [4.69, 9.17) is 0 Å². The van der Waals surface area contributed by atoms with Gasteiger partial charge in [0, 0.05) is 79.2 Å². The van der Waals surface area contributed by atoms with Gasteiger partial charge < -0.3 is 13.7 Å². The largest absolute Gasteiger partial charge is 0.340 e. The monoisotopic (exact) mass is 865 g/mol. The lowest BCUT2D eigenvalue weighted by Gasteiger charge is -2.10. The van der Waals surface area contributed by atoms with Crippen molar-refractivity contribution in [3.63, 3.8) is 0 Å². The molecule has 0 N–H and O–H groups in total. The minimum absolute atomic E-state index is 0.990. The summed E-state index contributed by atoms with van der Waals surface area (Å²) in [6.45, 7) is 3.26. The highest BCUT2D eigenvalue weighted by Crippen LogP contribution is 2.40. The van der Waals surface area contributed by atoms with E-state index in [-0.39, 0.29) is 0 Å². The van der Waals surface area contributed by atoms with Crippen LogP contribution in [0, 0.1) is 0 Å². The summed E-state index contributed by atoms with van der Waals surface area (Å²) < 4.78 is 11.6. The number of fused-ring (bicyclic) bond motifs is 9. The van der Waals surface area contributed by atoms with Crippen LogP contribution in [0.1, 0.15) is 19.8 Å². The lowest BCUT2D eigenvalue weighted by atomic mass is 10.1. The molecule has 0 spiro atoms. The van der Waals surface area contributed by atoms with Gasteiger partial charge in [0.25, 0.3) is 0 Å². The minimum Gasteiger partial charge on any atom is -0.340 e. The van der Waals surface area contributed by atoms with E-state index >= 15 is 0 Å². The van der Waals surface area contributed by atoms with Crippen LogP contribution in [0.2, 0.25) is 0 Å². The Morgan fingerprint density at radius 1 is 0.404 bits per heavy atom. The highest BCUT2D eigenvalue weighted by atomic mass is 79.9. The maximum Gasteiger partial charge on any atom is 0.0541 e. The van der Waals surface area contributed by atoms with Crippen molar-refractivity contribution in [3.8, 4) is 11.4 Å². The quantitative estimate of drug-likeness (QED) is 0.164. The van der Waals surface area contributed by atoms with Gasteiger partial charge in [-0.2, -0.15) is 0 Å². The molecule has 0 radical (unpaired) electrons. The molecule has 3 aromatic heterocycles. The van der Waals surface area contributed by atoms with E-state index in [0.717, 1.165) is 48.7 Å². The summed E-state index contributed by atoms with van der Waals surface area (Å²) in [7, 11) is 0. The maximum absolute atomic E-state index is 3.71. The molecule has 0 aliphatic heterocycles. The van der Waals surface area contributed by atoms with Gasteiger partial charge in [-0.15, -0.1) is 0 Å². The molecular weight excluding hydrogens is 842 g/mol. The molecule has 47 heavy (non-hydrogen) atoms. The van der Waals surface area contributed by atoms with Crippen molar-refractivity contribution >= 4 is 129 Å².